The Hall–Kier alpha value is -0.974. The molecule has 2 aromatic carbocycles. The van der Waals surface area contributed by atoms with E-state index in [-0.39, 0.29) is 23.4 Å². The van der Waals surface area contributed by atoms with Crippen molar-refractivity contribution in [2.24, 2.45) is 0 Å². The van der Waals surface area contributed by atoms with Gasteiger partial charge in [0.05, 0.1) is 0 Å². The summed E-state index contributed by atoms with van der Waals surface area (Å²) in [5.41, 5.74) is 0.974. The van der Waals surface area contributed by atoms with Crippen LogP contribution in [0, 0.1) is 0 Å². The first kappa shape index (κ1) is 28.0. The number of ether oxygens (including phenoxy) is 2. The Labute approximate surface area is 191 Å². The first-order valence-electron chi connectivity index (χ1n) is 10.7. The van der Waals surface area contributed by atoms with Crippen molar-refractivity contribution in [3.63, 3.8) is 0 Å². The van der Waals surface area contributed by atoms with Crippen LogP contribution in [0.5, 0.6) is 0 Å². The summed E-state index contributed by atoms with van der Waals surface area (Å²) in [5, 5.41) is 1.25. The van der Waals surface area contributed by atoms with E-state index < -0.39 is 0 Å². The predicted octanol–water partition coefficient (Wildman–Crippen LogP) is 4.50. The minimum absolute atomic E-state index is 0. The number of unbranched alkanes of at least 4 members (excludes halogenated alkanes) is 7. The summed E-state index contributed by atoms with van der Waals surface area (Å²) in [6.07, 6.45) is 11.4. The zero-order valence-electron chi connectivity index (χ0n) is 18.3. The maximum Gasteiger partial charge on any atom is 2.00 e. The second-order valence-corrected chi connectivity index (χ2v) is 8.35. The molecule has 5 heteroatoms. The van der Waals surface area contributed by atoms with Crippen molar-refractivity contribution in [2.75, 3.05) is 14.2 Å². The molecule has 0 aliphatic carbocycles. The van der Waals surface area contributed by atoms with Gasteiger partial charge in [0, 0.05) is 24.5 Å². The van der Waals surface area contributed by atoms with Crippen LogP contribution in [-0.4, -0.2) is 36.5 Å². The molecule has 164 valence electrons. The van der Waals surface area contributed by atoms with Crippen molar-refractivity contribution >= 4 is 21.2 Å². The number of carbonyl (C=O) groups excluding carboxylic acids is 1. The summed E-state index contributed by atoms with van der Waals surface area (Å²) in [4.78, 5) is 12.0. The standard InChI is InChI=1S/C19H33O3Si.C5H5.Fe/c1-21-19(22-2)15-10-8-6-4-3-5-7-9-13-17(20)16-12-11-14-18(16)23;1-2-4-5-3-1;/h11-12,14,19H,3-10,13,15H2,1-2,23H3;1-5H;/q2*-1;+2. The Morgan fingerprint density at radius 1 is 0.966 bits per heavy atom. The zero-order chi connectivity index (χ0) is 20.5. The molecule has 3 nitrogen and oxygen atoms in total. The molecular weight excluding hydrogens is 420 g/mol. The predicted molar refractivity (Wildman–Crippen MR) is 122 cm³/mol. The third kappa shape index (κ3) is 13.8. The maximum absolute atomic E-state index is 12.0. The molecule has 0 N–H and O–H groups in total. The van der Waals surface area contributed by atoms with Crippen LogP contribution in [0.2, 0.25) is 0 Å². The fraction of sp³-hybridized carbons (Fsp3) is 0.542. The van der Waals surface area contributed by atoms with Crippen LogP contribution in [0.3, 0.4) is 0 Å². The number of rotatable bonds is 14. The second kappa shape index (κ2) is 19.0. The van der Waals surface area contributed by atoms with Gasteiger partial charge in [0.1, 0.15) is 5.78 Å². The summed E-state index contributed by atoms with van der Waals surface area (Å²) in [6, 6.07) is 16.0. The van der Waals surface area contributed by atoms with Crippen LogP contribution in [0.4, 0.5) is 0 Å². The van der Waals surface area contributed by atoms with Gasteiger partial charge in [-0.15, -0.1) is 0 Å². The fourth-order valence-corrected chi connectivity index (χ4v) is 3.91. The van der Waals surface area contributed by atoms with Gasteiger partial charge in [-0.05, 0) is 25.7 Å². The van der Waals surface area contributed by atoms with Gasteiger partial charge >= 0.3 is 17.1 Å². The number of hydrogen-bond donors (Lipinski definition) is 0. The van der Waals surface area contributed by atoms with E-state index in [1.807, 2.05) is 42.5 Å². The van der Waals surface area contributed by atoms with E-state index in [4.69, 9.17) is 9.47 Å². The molecule has 0 aliphatic heterocycles. The number of carbonyl (C=O) groups is 1. The Balaban J connectivity index is 0.00000113. The number of ketones is 1. The summed E-state index contributed by atoms with van der Waals surface area (Å²) in [5.74, 6) is 0.339. The molecule has 0 amide bonds. The molecule has 0 fully saturated rings. The average molecular weight is 458 g/mol. The van der Waals surface area contributed by atoms with Crippen molar-refractivity contribution in [3.05, 3.63) is 54.1 Å². The van der Waals surface area contributed by atoms with Gasteiger partial charge in [0.15, 0.2) is 6.29 Å². The summed E-state index contributed by atoms with van der Waals surface area (Å²) in [7, 11) is 4.36. The van der Waals surface area contributed by atoms with Crippen LogP contribution in [0.25, 0.3) is 0 Å². The molecule has 2 rings (SSSR count). The third-order valence-corrected chi connectivity index (χ3v) is 5.88. The Kier molecular flexibility index (Phi) is 18.4. The zero-order valence-corrected chi connectivity index (χ0v) is 21.4. The van der Waals surface area contributed by atoms with Crippen molar-refractivity contribution in [2.45, 2.75) is 70.5 Å². The van der Waals surface area contributed by atoms with E-state index in [2.05, 4.69) is 6.07 Å². The van der Waals surface area contributed by atoms with Crippen LogP contribution in [0.15, 0.2) is 48.5 Å². The molecule has 0 heterocycles. The molecule has 0 radical (unpaired) electrons. The average Bonchev–Trinajstić information content (AvgIpc) is 3.41. The SMILES string of the molecule is COC(CCCCCCCCCCC(=O)[c-]1cccc1[SiH3])OC.[Fe+2].c1cc[cH-]c1. The topological polar surface area (TPSA) is 35.5 Å². The van der Waals surface area contributed by atoms with Gasteiger partial charge in [-0.25, -0.2) is 24.3 Å². The monoisotopic (exact) mass is 458 g/mol. The Morgan fingerprint density at radius 2 is 1.52 bits per heavy atom. The van der Waals surface area contributed by atoms with E-state index in [1.54, 1.807) is 14.2 Å². The van der Waals surface area contributed by atoms with E-state index in [9.17, 15) is 4.79 Å². The van der Waals surface area contributed by atoms with Crippen molar-refractivity contribution in [1.29, 1.82) is 0 Å². The molecule has 0 saturated heterocycles. The van der Waals surface area contributed by atoms with Crippen molar-refractivity contribution in [3.8, 4) is 0 Å². The molecule has 0 aliphatic rings. The molecule has 0 aromatic heterocycles. The molecule has 2 aromatic rings. The molecule has 0 spiro atoms. The van der Waals surface area contributed by atoms with Gasteiger partial charge < -0.3 is 14.3 Å². The minimum Gasteiger partial charge on any atom is -0.356 e. The van der Waals surface area contributed by atoms with Crippen LogP contribution in [-0.2, 0) is 26.5 Å². The molecular formula is C24H38FeO3Si. The van der Waals surface area contributed by atoms with E-state index >= 15 is 0 Å². The minimum atomic E-state index is -0.0405. The Morgan fingerprint density at radius 3 is 1.97 bits per heavy atom. The molecule has 0 saturated carbocycles. The van der Waals surface area contributed by atoms with Crippen molar-refractivity contribution < 1.29 is 31.3 Å². The van der Waals surface area contributed by atoms with Gasteiger partial charge in [-0.3, -0.25) is 0 Å². The van der Waals surface area contributed by atoms with E-state index in [0.717, 1.165) is 28.6 Å². The summed E-state index contributed by atoms with van der Waals surface area (Å²) < 4.78 is 10.4. The van der Waals surface area contributed by atoms with Crippen LogP contribution < -0.4 is 5.19 Å². The van der Waals surface area contributed by atoms with E-state index in [1.165, 1.54) is 50.1 Å². The Bertz CT molecular complexity index is 574. The number of Topliss-reactive ketones (excluding diaryl/α,β-unsaturated/α-hetero) is 1. The summed E-state index contributed by atoms with van der Waals surface area (Å²) in [6.45, 7) is 0. The smallest absolute Gasteiger partial charge is 0.356 e. The molecule has 29 heavy (non-hydrogen) atoms. The summed E-state index contributed by atoms with van der Waals surface area (Å²) >= 11 is 0. The second-order valence-electron chi connectivity index (χ2n) is 7.28. The van der Waals surface area contributed by atoms with Gasteiger partial charge in [-0.1, -0.05) is 44.1 Å². The molecule has 0 atom stereocenters. The molecule has 0 unspecified atom stereocenters. The quantitative estimate of drug-likeness (QED) is 0.138. The third-order valence-electron chi connectivity index (χ3n) is 5.01. The maximum atomic E-state index is 12.0. The van der Waals surface area contributed by atoms with E-state index in [0.29, 0.717) is 12.2 Å². The normalized spacial score (nSPS) is 10.4. The van der Waals surface area contributed by atoms with Crippen LogP contribution >= 0.6 is 0 Å². The van der Waals surface area contributed by atoms with Crippen molar-refractivity contribution in [1.82, 2.24) is 0 Å². The number of hydrogen-bond acceptors (Lipinski definition) is 3. The van der Waals surface area contributed by atoms with Gasteiger partial charge in [0.25, 0.3) is 0 Å². The van der Waals surface area contributed by atoms with Gasteiger partial charge in [-0.2, -0.15) is 29.5 Å². The van der Waals surface area contributed by atoms with Gasteiger partial charge in [0.2, 0.25) is 0 Å². The number of methoxy groups -OCH3 is 2. The fourth-order valence-electron chi connectivity index (χ4n) is 3.27. The first-order chi connectivity index (χ1) is 13.7. The molecule has 0 bridgehead atoms. The first-order valence-corrected chi connectivity index (χ1v) is 11.7. The largest absolute Gasteiger partial charge is 2.00 e. The van der Waals surface area contributed by atoms with Crippen LogP contribution in [0.1, 0.15) is 74.6 Å².